The van der Waals surface area contributed by atoms with Crippen LogP contribution < -0.4 is 0 Å². The number of rotatable bonds is 5. The van der Waals surface area contributed by atoms with Gasteiger partial charge >= 0.3 is 0 Å². The van der Waals surface area contributed by atoms with E-state index in [4.69, 9.17) is 4.74 Å². The molecule has 2 aromatic rings. The van der Waals surface area contributed by atoms with E-state index in [0.717, 1.165) is 18.4 Å². The maximum atomic E-state index is 12.7. The first-order valence-electron chi connectivity index (χ1n) is 7.53. The van der Waals surface area contributed by atoms with Crippen molar-refractivity contribution in [2.75, 3.05) is 13.2 Å². The number of carbonyl (C=O) groups is 1. The topological polar surface area (TPSA) is 73.1 Å². The minimum Gasteiger partial charge on any atom is -0.377 e. The van der Waals surface area contributed by atoms with Crippen LogP contribution in [0.5, 0.6) is 0 Å². The van der Waals surface area contributed by atoms with Crippen LogP contribution in [0.4, 0.5) is 0 Å². The van der Waals surface area contributed by atoms with Crippen LogP contribution in [-0.4, -0.2) is 56.3 Å². The predicted molar refractivity (Wildman–Crippen MR) is 77.7 cm³/mol. The van der Waals surface area contributed by atoms with Crippen molar-refractivity contribution in [2.45, 2.75) is 31.5 Å². The van der Waals surface area contributed by atoms with Crippen molar-refractivity contribution in [3.05, 3.63) is 30.3 Å². The number of nitrogens with zero attached hydrogens (tertiary/aromatic N) is 5. The number of hydrogen-bond donors (Lipinski definition) is 0. The van der Waals surface area contributed by atoms with Crippen molar-refractivity contribution in [2.24, 2.45) is 0 Å². The lowest BCUT2D eigenvalue weighted by molar-refractivity contribution is -0.146. The molecule has 0 unspecified atom stereocenters. The van der Waals surface area contributed by atoms with Crippen LogP contribution in [0, 0.1) is 0 Å². The van der Waals surface area contributed by atoms with E-state index >= 15 is 0 Å². The van der Waals surface area contributed by atoms with Gasteiger partial charge in [-0.25, -0.2) is 4.68 Å². The molecule has 7 heteroatoms. The Bertz CT molecular complexity index is 664. The average Bonchev–Trinajstić information content (AvgIpc) is 3.22. The van der Waals surface area contributed by atoms with Gasteiger partial charge in [-0.2, -0.15) is 0 Å². The molecular formula is C15H17N5O2. The Balaban J connectivity index is 1.53. The van der Waals surface area contributed by atoms with Gasteiger partial charge in [0.2, 0.25) is 5.91 Å². The number of benzene rings is 1. The Morgan fingerprint density at radius 1 is 1.23 bits per heavy atom. The van der Waals surface area contributed by atoms with Crippen molar-refractivity contribution in [1.29, 1.82) is 0 Å². The zero-order valence-corrected chi connectivity index (χ0v) is 12.1. The fraction of sp³-hybridized carbons (Fsp3) is 0.467. The summed E-state index contributed by atoms with van der Waals surface area (Å²) in [5.74, 6) is 0.690. The van der Waals surface area contributed by atoms with Gasteiger partial charge in [0, 0.05) is 11.6 Å². The number of hydrogen-bond acceptors (Lipinski definition) is 5. The molecule has 1 amide bonds. The third kappa shape index (κ3) is 2.48. The fourth-order valence-corrected chi connectivity index (χ4v) is 2.76. The summed E-state index contributed by atoms with van der Waals surface area (Å²) in [5, 5.41) is 11.7. The summed E-state index contributed by atoms with van der Waals surface area (Å²) in [6.45, 7) is 1.46. The van der Waals surface area contributed by atoms with Crippen molar-refractivity contribution in [3.63, 3.8) is 0 Å². The molecule has 2 fully saturated rings. The quantitative estimate of drug-likeness (QED) is 0.814. The summed E-state index contributed by atoms with van der Waals surface area (Å²) in [6.07, 6.45) is 2.17. The van der Waals surface area contributed by atoms with Gasteiger partial charge in [-0.3, -0.25) is 4.79 Å². The smallest absolute Gasteiger partial charge is 0.245 e. The van der Waals surface area contributed by atoms with Gasteiger partial charge in [-0.15, -0.1) is 5.10 Å². The molecule has 114 valence electrons. The molecule has 0 spiro atoms. The lowest BCUT2D eigenvalue weighted by Gasteiger charge is -2.37. The number of ether oxygens (including phenoxy) is 1. The largest absolute Gasteiger partial charge is 0.377 e. The second kappa shape index (κ2) is 5.49. The van der Waals surface area contributed by atoms with Gasteiger partial charge in [0.15, 0.2) is 5.82 Å². The number of tetrazole rings is 1. The van der Waals surface area contributed by atoms with E-state index in [0.29, 0.717) is 25.1 Å². The second-order valence-corrected chi connectivity index (χ2v) is 5.75. The molecule has 0 bridgehead atoms. The van der Waals surface area contributed by atoms with Gasteiger partial charge in [-0.05, 0) is 23.3 Å². The zero-order valence-electron chi connectivity index (χ0n) is 12.1. The van der Waals surface area contributed by atoms with Crippen LogP contribution in [0.1, 0.15) is 12.8 Å². The maximum absolute atomic E-state index is 12.7. The van der Waals surface area contributed by atoms with E-state index in [1.54, 1.807) is 4.68 Å². The Morgan fingerprint density at radius 3 is 2.64 bits per heavy atom. The molecule has 1 saturated heterocycles. The minimum atomic E-state index is 0.0697. The summed E-state index contributed by atoms with van der Waals surface area (Å²) in [6, 6.07) is 10.3. The first-order valence-corrected chi connectivity index (χ1v) is 7.53. The molecular weight excluding hydrogens is 282 g/mol. The highest BCUT2D eigenvalue weighted by Crippen LogP contribution is 2.31. The monoisotopic (exact) mass is 299 g/mol. The van der Waals surface area contributed by atoms with Crippen molar-refractivity contribution in [1.82, 2.24) is 25.1 Å². The van der Waals surface area contributed by atoms with Gasteiger partial charge in [-0.1, -0.05) is 30.3 Å². The van der Waals surface area contributed by atoms with Gasteiger partial charge in [0.25, 0.3) is 0 Å². The SMILES string of the molecule is O=C(Cn1nnnc1-c1ccccc1)N(C1CC1)C1COC1. The Labute approximate surface area is 127 Å². The highest BCUT2D eigenvalue weighted by atomic mass is 16.5. The number of aromatic nitrogens is 4. The zero-order chi connectivity index (χ0) is 14.9. The van der Waals surface area contributed by atoms with Crippen molar-refractivity contribution in [3.8, 4) is 11.4 Å². The lowest BCUT2D eigenvalue weighted by Crippen LogP contribution is -2.53. The van der Waals surface area contributed by atoms with E-state index < -0.39 is 0 Å². The molecule has 0 atom stereocenters. The molecule has 7 nitrogen and oxygen atoms in total. The normalized spacial score (nSPS) is 18.0. The molecule has 0 N–H and O–H groups in total. The molecule has 4 rings (SSSR count). The molecule has 1 aliphatic carbocycles. The van der Waals surface area contributed by atoms with E-state index in [2.05, 4.69) is 15.5 Å². The number of amides is 1. The van der Waals surface area contributed by atoms with Crippen LogP contribution in [0.3, 0.4) is 0 Å². The minimum absolute atomic E-state index is 0.0697. The van der Waals surface area contributed by atoms with Crippen LogP contribution in [-0.2, 0) is 16.1 Å². The van der Waals surface area contributed by atoms with Gasteiger partial charge < -0.3 is 9.64 Å². The standard InChI is InChI=1S/C15H17N5O2/c21-14(20(12-6-7-12)13-9-22-10-13)8-19-15(16-17-18-19)11-4-2-1-3-5-11/h1-5,12-13H,6-10H2. The molecule has 1 aromatic carbocycles. The van der Waals surface area contributed by atoms with Gasteiger partial charge in [0.05, 0.1) is 19.3 Å². The molecule has 1 saturated carbocycles. The fourth-order valence-electron chi connectivity index (χ4n) is 2.76. The molecule has 0 radical (unpaired) electrons. The van der Waals surface area contributed by atoms with Gasteiger partial charge in [0.1, 0.15) is 6.54 Å². The lowest BCUT2D eigenvalue weighted by atomic mass is 10.2. The third-order valence-electron chi connectivity index (χ3n) is 4.09. The summed E-state index contributed by atoms with van der Waals surface area (Å²) in [5.41, 5.74) is 0.908. The van der Waals surface area contributed by atoms with Crippen LogP contribution in [0.25, 0.3) is 11.4 Å². The van der Waals surface area contributed by atoms with E-state index in [1.807, 2.05) is 35.2 Å². The van der Waals surface area contributed by atoms with Crippen LogP contribution in [0.15, 0.2) is 30.3 Å². The second-order valence-electron chi connectivity index (χ2n) is 5.75. The summed E-state index contributed by atoms with van der Waals surface area (Å²) >= 11 is 0. The van der Waals surface area contributed by atoms with Crippen LogP contribution >= 0.6 is 0 Å². The number of carbonyl (C=O) groups excluding carboxylic acids is 1. The van der Waals surface area contributed by atoms with E-state index in [-0.39, 0.29) is 18.5 Å². The molecule has 2 heterocycles. The van der Waals surface area contributed by atoms with Crippen molar-refractivity contribution < 1.29 is 9.53 Å². The first-order chi connectivity index (χ1) is 10.8. The maximum Gasteiger partial charge on any atom is 0.245 e. The van der Waals surface area contributed by atoms with Crippen molar-refractivity contribution >= 4 is 5.91 Å². The summed E-state index contributed by atoms with van der Waals surface area (Å²) in [4.78, 5) is 14.6. The van der Waals surface area contributed by atoms with E-state index in [9.17, 15) is 4.79 Å². The predicted octanol–water partition coefficient (Wildman–Crippen LogP) is 0.730. The summed E-state index contributed by atoms with van der Waals surface area (Å²) < 4.78 is 6.81. The highest BCUT2D eigenvalue weighted by molar-refractivity contribution is 5.77. The molecule has 2 aliphatic rings. The third-order valence-corrected chi connectivity index (χ3v) is 4.09. The highest BCUT2D eigenvalue weighted by Gasteiger charge is 2.40. The first kappa shape index (κ1) is 13.4. The van der Waals surface area contributed by atoms with E-state index in [1.165, 1.54) is 0 Å². The average molecular weight is 299 g/mol. The van der Waals surface area contributed by atoms with Crippen LogP contribution in [0.2, 0.25) is 0 Å². The Hall–Kier alpha value is -2.28. The molecule has 22 heavy (non-hydrogen) atoms. The Kier molecular flexibility index (Phi) is 3.34. The molecule has 1 aromatic heterocycles. The summed E-state index contributed by atoms with van der Waals surface area (Å²) in [7, 11) is 0. The molecule has 1 aliphatic heterocycles. The Morgan fingerprint density at radius 2 is 2.00 bits per heavy atom.